The lowest BCUT2D eigenvalue weighted by atomic mass is 10.5. The molecule has 0 saturated carbocycles. The molecule has 0 radical (unpaired) electrons. The van der Waals surface area contributed by atoms with E-state index in [0.717, 1.165) is 0 Å². The van der Waals surface area contributed by atoms with Crippen LogP contribution in [0.4, 0.5) is 13.2 Å². The summed E-state index contributed by atoms with van der Waals surface area (Å²) in [5, 5.41) is 5.96. The third kappa shape index (κ3) is 2.10. The molecule has 0 amide bonds. The molecule has 0 N–H and O–H groups in total. The van der Waals surface area contributed by atoms with Gasteiger partial charge in [0.05, 0.1) is 0 Å². The molecule has 0 aliphatic heterocycles. The van der Waals surface area contributed by atoms with Gasteiger partial charge in [0.1, 0.15) is 0 Å². The van der Waals surface area contributed by atoms with Gasteiger partial charge in [0.25, 0.3) is 0 Å². The van der Waals surface area contributed by atoms with Crippen molar-refractivity contribution >= 4 is 11.6 Å². The zero-order valence-corrected chi connectivity index (χ0v) is 6.48. The molecule has 0 atom stereocenters. The van der Waals surface area contributed by atoms with Crippen molar-refractivity contribution in [3.05, 3.63) is 11.8 Å². The molecule has 0 bridgehead atoms. The fourth-order valence-electron chi connectivity index (χ4n) is 0.550. The van der Waals surface area contributed by atoms with E-state index in [2.05, 4.69) is 14.6 Å². The van der Waals surface area contributed by atoms with Crippen molar-refractivity contribution in [2.24, 2.45) is 0 Å². The van der Waals surface area contributed by atoms with Gasteiger partial charge in [-0.3, -0.25) is 0 Å². The number of halogens is 4. The molecular formula is C5H4ClF3N2O. The molecule has 7 heteroatoms. The Balaban J connectivity index is 2.77. The number of aryl methyl sites for hydroxylation is 1. The Morgan fingerprint density at radius 1 is 1.33 bits per heavy atom. The van der Waals surface area contributed by atoms with E-state index < -0.39 is 12.1 Å². The smallest absolute Gasteiger partial charge is 0.417 e. The molecule has 3 nitrogen and oxygen atoms in total. The van der Waals surface area contributed by atoms with Crippen LogP contribution in [0.15, 0.2) is 4.42 Å². The molecule has 68 valence electrons. The summed E-state index contributed by atoms with van der Waals surface area (Å²) < 4.78 is 39.7. The average Bonchev–Trinajstić information content (AvgIpc) is 2.35. The number of hydrogen-bond donors (Lipinski definition) is 0. The van der Waals surface area contributed by atoms with Crippen molar-refractivity contribution in [2.75, 3.05) is 5.88 Å². The van der Waals surface area contributed by atoms with Crippen LogP contribution in [0.2, 0.25) is 0 Å². The van der Waals surface area contributed by atoms with Gasteiger partial charge >= 0.3 is 12.1 Å². The minimum atomic E-state index is -4.57. The molecule has 0 spiro atoms. The van der Waals surface area contributed by atoms with Crippen molar-refractivity contribution in [3.8, 4) is 0 Å². The van der Waals surface area contributed by atoms with Gasteiger partial charge in [-0.2, -0.15) is 13.2 Å². The first kappa shape index (κ1) is 9.31. The van der Waals surface area contributed by atoms with Crippen LogP contribution >= 0.6 is 11.6 Å². The Labute approximate surface area is 70.5 Å². The minimum absolute atomic E-state index is 0.0997. The maximum Gasteiger partial charge on any atom is 0.470 e. The normalized spacial score (nSPS) is 12.0. The highest BCUT2D eigenvalue weighted by Crippen LogP contribution is 2.27. The molecule has 0 aliphatic carbocycles. The summed E-state index contributed by atoms with van der Waals surface area (Å²) in [5.74, 6) is -1.28. The first-order chi connectivity index (χ1) is 5.54. The standard InChI is InChI=1S/C5H4ClF3N2O/c6-2-1-3-10-11-4(12-3)5(7,8)9/h1-2H2. The molecule has 0 fully saturated rings. The van der Waals surface area contributed by atoms with Gasteiger partial charge in [0.15, 0.2) is 0 Å². The predicted molar refractivity (Wildman–Crippen MR) is 33.7 cm³/mol. The number of hydrogen-bond acceptors (Lipinski definition) is 3. The summed E-state index contributed by atoms with van der Waals surface area (Å²) in [7, 11) is 0. The van der Waals surface area contributed by atoms with Crippen LogP contribution < -0.4 is 0 Å². The van der Waals surface area contributed by atoms with Crippen LogP contribution in [-0.4, -0.2) is 16.1 Å². The second-order valence-corrected chi connectivity index (χ2v) is 2.32. The molecule has 1 aromatic rings. The molecule has 1 aromatic heterocycles. The highest BCUT2D eigenvalue weighted by molar-refractivity contribution is 6.17. The van der Waals surface area contributed by atoms with Gasteiger partial charge in [0, 0.05) is 12.3 Å². The van der Waals surface area contributed by atoms with Crippen LogP contribution in [-0.2, 0) is 12.6 Å². The Kier molecular flexibility index (Phi) is 2.56. The monoisotopic (exact) mass is 200 g/mol. The lowest BCUT2D eigenvalue weighted by Gasteiger charge is -1.96. The zero-order valence-electron chi connectivity index (χ0n) is 5.73. The molecule has 0 unspecified atom stereocenters. The Bertz CT molecular complexity index is 259. The topological polar surface area (TPSA) is 38.9 Å². The van der Waals surface area contributed by atoms with Crippen LogP contribution in [0.25, 0.3) is 0 Å². The van der Waals surface area contributed by atoms with Gasteiger partial charge in [-0.05, 0) is 0 Å². The van der Waals surface area contributed by atoms with E-state index >= 15 is 0 Å². The summed E-state index contributed by atoms with van der Waals surface area (Å²) >= 11 is 5.25. The summed E-state index contributed by atoms with van der Waals surface area (Å²) in [6.07, 6.45) is -4.43. The highest BCUT2D eigenvalue weighted by atomic mass is 35.5. The fourth-order valence-corrected chi connectivity index (χ4v) is 0.712. The number of rotatable bonds is 2. The van der Waals surface area contributed by atoms with Crippen LogP contribution in [0.3, 0.4) is 0 Å². The fraction of sp³-hybridized carbons (Fsp3) is 0.600. The second-order valence-electron chi connectivity index (χ2n) is 1.94. The Morgan fingerprint density at radius 2 is 2.00 bits per heavy atom. The van der Waals surface area contributed by atoms with Crippen LogP contribution in [0, 0.1) is 0 Å². The Morgan fingerprint density at radius 3 is 2.42 bits per heavy atom. The van der Waals surface area contributed by atoms with Gasteiger partial charge in [-0.1, -0.05) is 0 Å². The van der Waals surface area contributed by atoms with E-state index in [1.165, 1.54) is 0 Å². The summed E-state index contributed by atoms with van der Waals surface area (Å²) in [6, 6.07) is 0. The predicted octanol–water partition coefficient (Wildman–Crippen LogP) is 1.87. The highest BCUT2D eigenvalue weighted by Gasteiger charge is 2.37. The first-order valence-electron chi connectivity index (χ1n) is 2.99. The maximum atomic E-state index is 11.8. The van der Waals surface area contributed by atoms with E-state index in [1.807, 2.05) is 0 Å². The largest absolute Gasteiger partial charge is 0.470 e. The van der Waals surface area contributed by atoms with Gasteiger partial charge in [0.2, 0.25) is 5.89 Å². The SMILES string of the molecule is FC(F)(F)c1nnc(CCCl)o1. The quantitative estimate of drug-likeness (QED) is 0.684. The van der Waals surface area contributed by atoms with Crippen molar-refractivity contribution in [1.29, 1.82) is 0 Å². The zero-order chi connectivity index (χ0) is 9.19. The van der Waals surface area contributed by atoms with E-state index in [0.29, 0.717) is 0 Å². The van der Waals surface area contributed by atoms with Crippen molar-refractivity contribution in [2.45, 2.75) is 12.6 Å². The number of nitrogens with zero attached hydrogens (tertiary/aromatic N) is 2. The number of aromatic nitrogens is 2. The van der Waals surface area contributed by atoms with Crippen molar-refractivity contribution in [3.63, 3.8) is 0 Å². The van der Waals surface area contributed by atoms with E-state index in [-0.39, 0.29) is 18.2 Å². The lowest BCUT2D eigenvalue weighted by Crippen LogP contribution is -2.04. The molecule has 1 rings (SSSR count). The van der Waals surface area contributed by atoms with Gasteiger partial charge in [-0.15, -0.1) is 21.8 Å². The molecular weight excluding hydrogens is 197 g/mol. The van der Waals surface area contributed by atoms with E-state index in [9.17, 15) is 13.2 Å². The molecule has 0 saturated heterocycles. The lowest BCUT2D eigenvalue weighted by molar-refractivity contribution is -0.157. The summed E-state index contributed by atoms with van der Waals surface area (Å²) in [5.41, 5.74) is 0. The molecule has 0 aromatic carbocycles. The average molecular weight is 201 g/mol. The van der Waals surface area contributed by atoms with Crippen LogP contribution in [0.5, 0.6) is 0 Å². The third-order valence-electron chi connectivity index (χ3n) is 1.02. The van der Waals surface area contributed by atoms with Gasteiger partial charge in [-0.25, -0.2) is 0 Å². The molecule has 0 aliphatic rings. The van der Waals surface area contributed by atoms with E-state index in [1.54, 1.807) is 0 Å². The summed E-state index contributed by atoms with van der Waals surface area (Å²) in [6.45, 7) is 0. The van der Waals surface area contributed by atoms with Crippen molar-refractivity contribution < 1.29 is 17.6 Å². The van der Waals surface area contributed by atoms with Crippen LogP contribution in [0.1, 0.15) is 11.8 Å². The Hall–Kier alpha value is -0.780. The summed E-state index contributed by atoms with van der Waals surface area (Å²) in [4.78, 5) is 0. The van der Waals surface area contributed by atoms with Gasteiger partial charge < -0.3 is 4.42 Å². The van der Waals surface area contributed by atoms with Crippen molar-refractivity contribution in [1.82, 2.24) is 10.2 Å². The molecule has 1 heterocycles. The first-order valence-corrected chi connectivity index (χ1v) is 3.53. The number of alkyl halides is 4. The maximum absolute atomic E-state index is 11.8. The third-order valence-corrected chi connectivity index (χ3v) is 1.21. The second kappa shape index (κ2) is 3.30. The molecule has 12 heavy (non-hydrogen) atoms. The minimum Gasteiger partial charge on any atom is -0.417 e. The van der Waals surface area contributed by atoms with E-state index in [4.69, 9.17) is 11.6 Å².